The highest BCUT2D eigenvalue weighted by atomic mass is 16.5. The van der Waals surface area contributed by atoms with Gasteiger partial charge in [-0.3, -0.25) is 9.59 Å². The Labute approximate surface area is 189 Å². The third-order valence-corrected chi connectivity index (χ3v) is 5.10. The second-order valence-electron chi connectivity index (χ2n) is 7.50. The number of para-hydroxylation sites is 1. The molecule has 0 amide bonds. The highest BCUT2D eigenvalue weighted by Crippen LogP contribution is 2.30. The Bertz CT molecular complexity index is 1380. The second-order valence-corrected chi connectivity index (χ2v) is 7.50. The summed E-state index contributed by atoms with van der Waals surface area (Å²) in [4.78, 5) is 41.5. The summed E-state index contributed by atoms with van der Waals surface area (Å²) in [5.74, 6) is -1.26. The number of aromatic nitrogens is 3. The van der Waals surface area contributed by atoms with Crippen LogP contribution in [0.25, 0.3) is 33.2 Å². The summed E-state index contributed by atoms with van der Waals surface area (Å²) >= 11 is 0. The summed E-state index contributed by atoms with van der Waals surface area (Å²) in [6, 6.07) is 11.0. The number of hydrogen-bond acceptors (Lipinski definition) is 6. The van der Waals surface area contributed by atoms with Gasteiger partial charge in [-0.25, -0.2) is 9.78 Å². The molecule has 9 nitrogen and oxygen atoms in total. The third kappa shape index (κ3) is 5.09. The highest BCUT2D eigenvalue weighted by molar-refractivity contribution is 6.01. The number of carbonyl (C=O) groups excluding carboxylic acids is 1. The van der Waals surface area contributed by atoms with E-state index >= 15 is 0 Å². The van der Waals surface area contributed by atoms with Crippen LogP contribution >= 0.6 is 0 Å². The summed E-state index contributed by atoms with van der Waals surface area (Å²) in [5, 5.41) is 8.19. The molecule has 0 aliphatic heterocycles. The Kier molecular flexibility index (Phi) is 7.24. The zero-order chi connectivity index (χ0) is 24.1. The quantitative estimate of drug-likeness (QED) is 0.397. The Morgan fingerprint density at radius 1 is 1.24 bits per heavy atom. The van der Waals surface area contributed by atoms with Crippen molar-refractivity contribution in [2.75, 3.05) is 13.7 Å². The SMILES string of the molecule is CC(=O)O.COC(=O)c1ccc2c(c1)c(-c1nc3cccc(C)c3[nH]c1=O)cn2CCCN. The minimum atomic E-state index is -0.833. The van der Waals surface area contributed by atoms with Crippen LogP contribution in [0.5, 0.6) is 0 Å². The topological polar surface area (TPSA) is 140 Å². The molecule has 0 spiro atoms. The standard InChI is InChI=1S/C22H22N4O3.C2H4O2/c1-13-5-3-6-17-19(13)25-21(27)20(24-17)16-12-26(10-4-9-23)18-8-7-14(11-15(16)18)22(28)29-2;1-2(3)4/h3,5-8,11-12H,4,9-10,23H2,1-2H3,(H,25,27);1H3,(H,3,4). The van der Waals surface area contributed by atoms with E-state index in [0.29, 0.717) is 35.4 Å². The normalized spacial score (nSPS) is 10.7. The number of nitrogens with two attached hydrogens (primary N) is 1. The van der Waals surface area contributed by atoms with E-state index in [-0.39, 0.29) is 5.56 Å². The smallest absolute Gasteiger partial charge is 0.337 e. The van der Waals surface area contributed by atoms with Gasteiger partial charge in [-0.15, -0.1) is 0 Å². The number of aliphatic carboxylic acids is 1. The number of carboxylic acids is 1. The number of H-pyrrole nitrogens is 1. The molecule has 2 aromatic heterocycles. The molecule has 2 heterocycles. The number of fused-ring (bicyclic) bond motifs is 2. The van der Waals surface area contributed by atoms with Crippen LogP contribution in [-0.2, 0) is 16.1 Å². The van der Waals surface area contributed by atoms with Crippen molar-refractivity contribution in [1.82, 2.24) is 14.5 Å². The van der Waals surface area contributed by atoms with E-state index in [1.165, 1.54) is 7.11 Å². The van der Waals surface area contributed by atoms with Crippen LogP contribution in [-0.4, -0.2) is 45.2 Å². The fourth-order valence-corrected chi connectivity index (χ4v) is 3.61. The van der Waals surface area contributed by atoms with E-state index in [2.05, 4.69) is 9.97 Å². The number of carboxylic acid groups (broad SMARTS) is 1. The molecular weight excluding hydrogens is 424 g/mol. The van der Waals surface area contributed by atoms with Gasteiger partial charge in [-0.05, 0) is 49.7 Å². The maximum absolute atomic E-state index is 12.9. The van der Waals surface area contributed by atoms with E-state index in [1.54, 1.807) is 12.1 Å². The van der Waals surface area contributed by atoms with Gasteiger partial charge in [0, 0.05) is 36.1 Å². The number of ether oxygens (including phenoxy) is 1. The van der Waals surface area contributed by atoms with E-state index in [4.69, 9.17) is 20.4 Å². The van der Waals surface area contributed by atoms with Gasteiger partial charge in [0.15, 0.2) is 0 Å². The molecule has 0 atom stereocenters. The number of aryl methyl sites for hydroxylation is 2. The maximum Gasteiger partial charge on any atom is 0.337 e. The van der Waals surface area contributed by atoms with Crippen molar-refractivity contribution in [3.63, 3.8) is 0 Å². The molecule has 0 aliphatic carbocycles. The van der Waals surface area contributed by atoms with Crippen LogP contribution in [0.3, 0.4) is 0 Å². The molecule has 0 aliphatic rings. The molecule has 0 unspecified atom stereocenters. The van der Waals surface area contributed by atoms with Crippen LogP contribution < -0.4 is 11.3 Å². The molecule has 33 heavy (non-hydrogen) atoms. The van der Waals surface area contributed by atoms with E-state index in [1.807, 2.05) is 42.0 Å². The first-order valence-electron chi connectivity index (χ1n) is 10.4. The van der Waals surface area contributed by atoms with E-state index < -0.39 is 11.9 Å². The summed E-state index contributed by atoms with van der Waals surface area (Å²) in [5.41, 5.74) is 10.1. The number of benzene rings is 2. The second kappa shape index (κ2) is 10.1. The van der Waals surface area contributed by atoms with Crippen molar-refractivity contribution in [1.29, 1.82) is 0 Å². The van der Waals surface area contributed by atoms with Crippen molar-refractivity contribution in [2.45, 2.75) is 26.8 Å². The van der Waals surface area contributed by atoms with Gasteiger partial charge in [-0.2, -0.15) is 0 Å². The van der Waals surface area contributed by atoms with Crippen LogP contribution in [0.4, 0.5) is 0 Å². The van der Waals surface area contributed by atoms with Crippen molar-refractivity contribution in [2.24, 2.45) is 5.73 Å². The number of carbonyl (C=O) groups is 2. The Hall–Kier alpha value is -3.98. The van der Waals surface area contributed by atoms with Crippen molar-refractivity contribution >= 4 is 33.9 Å². The third-order valence-electron chi connectivity index (χ3n) is 5.10. The van der Waals surface area contributed by atoms with Gasteiger partial charge >= 0.3 is 5.97 Å². The van der Waals surface area contributed by atoms with Gasteiger partial charge in [0.2, 0.25) is 0 Å². The Morgan fingerprint density at radius 3 is 2.64 bits per heavy atom. The number of esters is 1. The van der Waals surface area contributed by atoms with Gasteiger partial charge in [-0.1, -0.05) is 12.1 Å². The number of nitrogens with one attached hydrogen (secondary N) is 1. The van der Waals surface area contributed by atoms with Crippen LogP contribution in [0.15, 0.2) is 47.4 Å². The highest BCUT2D eigenvalue weighted by Gasteiger charge is 2.18. The lowest BCUT2D eigenvalue weighted by molar-refractivity contribution is -0.134. The first-order valence-corrected chi connectivity index (χ1v) is 10.4. The van der Waals surface area contributed by atoms with Gasteiger partial charge in [0.05, 0.1) is 23.7 Å². The number of aromatic amines is 1. The van der Waals surface area contributed by atoms with Gasteiger partial charge in [0.25, 0.3) is 11.5 Å². The lowest BCUT2D eigenvalue weighted by Crippen LogP contribution is -2.12. The first-order chi connectivity index (χ1) is 15.8. The number of nitrogens with zero attached hydrogens (tertiary/aromatic N) is 2. The monoisotopic (exact) mass is 450 g/mol. The number of rotatable bonds is 5. The summed E-state index contributed by atoms with van der Waals surface area (Å²) < 4.78 is 6.89. The van der Waals surface area contributed by atoms with Crippen molar-refractivity contribution in [3.8, 4) is 11.3 Å². The predicted molar refractivity (Wildman–Crippen MR) is 126 cm³/mol. The molecule has 0 radical (unpaired) electrons. The van der Waals surface area contributed by atoms with Crippen LogP contribution in [0.1, 0.15) is 29.3 Å². The Morgan fingerprint density at radius 2 is 1.97 bits per heavy atom. The molecule has 172 valence electrons. The summed E-state index contributed by atoms with van der Waals surface area (Å²) in [7, 11) is 1.35. The first kappa shape index (κ1) is 23.7. The maximum atomic E-state index is 12.9. The van der Waals surface area contributed by atoms with Crippen LogP contribution in [0.2, 0.25) is 0 Å². The molecule has 0 saturated carbocycles. The molecule has 4 rings (SSSR count). The molecule has 9 heteroatoms. The molecule has 4 aromatic rings. The van der Waals surface area contributed by atoms with E-state index in [0.717, 1.165) is 35.3 Å². The largest absolute Gasteiger partial charge is 0.481 e. The number of hydrogen-bond donors (Lipinski definition) is 3. The lowest BCUT2D eigenvalue weighted by Gasteiger charge is -2.05. The zero-order valence-electron chi connectivity index (χ0n) is 18.7. The molecule has 4 N–H and O–H groups in total. The Balaban J connectivity index is 0.000000709. The molecule has 0 saturated heterocycles. The fourth-order valence-electron chi connectivity index (χ4n) is 3.61. The van der Waals surface area contributed by atoms with Crippen molar-refractivity contribution in [3.05, 3.63) is 64.1 Å². The minimum Gasteiger partial charge on any atom is -0.481 e. The summed E-state index contributed by atoms with van der Waals surface area (Å²) in [6.07, 6.45) is 2.70. The number of methoxy groups -OCH3 is 1. The molecule has 0 bridgehead atoms. The average molecular weight is 450 g/mol. The van der Waals surface area contributed by atoms with Crippen LogP contribution in [0, 0.1) is 6.92 Å². The minimum absolute atomic E-state index is 0.270. The zero-order valence-corrected chi connectivity index (χ0v) is 18.7. The lowest BCUT2D eigenvalue weighted by atomic mass is 10.1. The van der Waals surface area contributed by atoms with Gasteiger partial charge in [0.1, 0.15) is 5.69 Å². The summed E-state index contributed by atoms with van der Waals surface area (Å²) in [6.45, 7) is 4.28. The average Bonchev–Trinajstić information content (AvgIpc) is 3.14. The molecular formula is C24H26N4O5. The molecule has 0 fully saturated rings. The van der Waals surface area contributed by atoms with Gasteiger partial charge < -0.3 is 25.1 Å². The van der Waals surface area contributed by atoms with Crippen molar-refractivity contribution < 1.29 is 19.4 Å². The predicted octanol–water partition coefficient (Wildman–Crippen LogP) is 3.08. The van der Waals surface area contributed by atoms with E-state index in [9.17, 15) is 9.59 Å². The molecule has 2 aromatic carbocycles. The fraction of sp³-hybridized carbons (Fsp3) is 0.250.